The van der Waals surface area contributed by atoms with Gasteiger partial charge in [0, 0.05) is 36.9 Å². The lowest BCUT2D eigenvalue weighted by Crippen LogP contribution is -2.41. The highest BCUT2D eigenvalue weighted by Crippen LogP contribution is 2.23. The van der Waals surface area contributed by atoms with Crippen LogP contribution in [-0.4, -0.2) is 43.1 Å². The van der Waals surface area contributed by atoms with Crippen LogP contribution < -0.4 is 10.6 Å². The number of nitrogens with two attached hydrogens (primary N) is 1. The van der Waals surface area contributed by atoms with Crippen LogP contribution in [0.15, 0.2) is 18.3 Å². The fraction of sp³-hybridized carbons (Fsp3) is 0.643. The summed E-state index contributed by atoms with van der Waals surface area (Å²) in [6, 6.07) is 4.44. The highest BCUT2D eigenvalue weighted by molar-refractivity contribution is 5.49. The molecule has 1 unspecified atom stereocenters. The van der Waals surface area contributed by atoms with Crippen molar-refractivity contribution >= 4 is 5.82 Å². The van der Waals surface area contributed by atoms with Gasteiger partial charge in [-0.2, -0.15) is 0 Å². The van der Waals surface area contributed by atoms with Crippen molar-refractivity contribution in [1.82, 2.24) is 9.88 Å². The van der Waals surface area contributed by atoms with Crippen molar-refractivity contribution in [1.29, 1.82) is 0 Å². The number of nitrogens with zero attached hydrogens (tertiary/aromatic N) is 3. The first-order valence-corrected chi connectivity index (χ1v) is 6.59. The summed E-state index contributed by atoms with van der Waals surface area (Å²) in [7, 11) is 4.18. The van der Waals surface area contributed by atoms with Gasteiger partial charge in [0.1, 0.15) is 5.82 Å². The molecule has 0 radical (unpaired) electrons. The Balaban J connectivity index is 3.01. The van der Waals surface area contributed by atoms with Crippen LogP contribution >= 0.6 is 0 Å². The summed E-state index contributed by atoms with van der Waals surface area (Å²) in [4.78, 5) is 9.04. The Bertz CT molecular complexity index is 363. The molecule has 0 spiro atoms. The van der Waals surface area contributed by atoms with Crippen LogP contribution in [0.5, 0.6) is 0 Å². The molecule has 0 bridgehead atoms. The summed E-state index contributed by atoms with van der Waals surface area (Å²) in [5.41, 5.74) is 7.15. The first kappa shape index (κ1) is 14.9. The number of likely N-dealkylation sites (N-methyl/N-ethyl adjacent to an activating group) is 2. The van der Waals surface area contributed by atoms with Gasteiger partial charge in [0.25, 0.3) is 0 Å². The van der Waals surface area contributed by atoms with E-state index in [9.17, 15) is 0 Å². The van der Waals surface area contributed by atoms with Crippen molar-refractivity contribution in [3.63, 3.8) is 0 Å². The Hall–Kier alpha value is -1.13. The molecule has 2 N–H and O–H groups in total. The SMILES string of the molecule is CCN(c1ncccc1[C@@H](C)N)C(C)CN(C)C. The normalized spacial score (nSPS) is 14.6. The Morgan fingerprint density at radius 3 is 2.50 bits per heavy atom. The number of aromatic nitrogens is 1. The summed E-state index contributed by atoms with van der Waals surface area (Å²) in [6.45, 7) is 8.33. The molecule has 1 aromatic heterocycles. The third-order valence-corrected chi connectivity index (χ3v) is 3.08. The zero-order chi connectivity index (χ0) is 13.7. The van der Waals surface area contributed by atoms with Gasteiger partial charge in [0.15, 0.2) is 0 Å². The molecule has 0 fully saturated rings. The second-order valence-corrected chi connectivity index (χ2v) is 5.10. The van der Waals surface area contributed by atoms with E-state index in [1.807, 2.05) is 19.2 Å². The quantitative estimate of drug-likeness (QED) is 0.837. The predicted molar refractivity (Wildman–Crippen MR) is 77.9 cm³/mol. The van der Waals surface area contributed by atoms with E-state index in [1.165, 1.54) is 0 Å². The minimum atomic E-state index is 0.00862. The zero-order valence-corrected chi connectivity index (χ0v) is 12.2. The van der Waals surface area contributed by atoms with Crippen LogP contribution in [0, 0.1) is 0 Å². The maximum atomic E-state index is 6.03. The highest BCUT2D eigenvalue weighted by Gasteiger charge is 2.19. The molecule has 4 nitrogen and oxygen atoms in total. The summed E-state index contributed by atoms with van der Waals surface area (Å²) in [5.74, 6) is 1.02. The van der Waals surface area contributed by atoms with E-state index >= 15 is 0 Å². The fourth-order valence-corrected chi connectivity index (χ4v) is 2.30. The van der Waals surface area contributed by atoms with Gasteiger partial charge in [-0.15, -0.1) is 0 Å². The summed E-state index contributed by atoms with van der Waals surface area (Å²) < 4.78 is 0. The smallest absolute Gasteiger partial charge is 0.133 e. The first-order chi connectivity index (χ1) is 8.47. The van der Waals surface area contributed by atoms with Crippen molar-refractivity contribution in [2.75, 3.05) is 32.1 Å². The molecule has 102 valence electrons. The van der Waals surface area contributed by atoms with Crippen LogP contribution in [0.4, 0.5) is 5.82 Å². The molecule has 0 aliphatic rings. The summed E-state index contributed by atoms with van der Waals surface area (Å²) >= 11 is 0. The molecular weight excluding hydrogens is 224 g/mol. The average Bonchev–Trinajstić information content (AvgIpc) is 2.29. The predicted octanol–water partition coefficient (Wildman–Crippen LogP) is 1.88. The van der Waals surface area contributed by atoms with Crippen molar-refractivity contribution in [2.24, 2.45) is 5.73 Å². The second kappa shape index (κ2) is 6.71. The minimum Gasteiger partial charge on any atom is -0.353 e. The van der Waals surface area contributed by atoms with Crippen molar-refractivity contribution < 1.29 is 0 Å². The third kappa shape index (κ3) is 3.68. The van der Waals surface area contributed by atoms with E-state index in [0.29, 0.717) is 6.04 Å². The van der Waals surface area contributed by atoms with Gasteiger partial charge in [-0.1, -0.05) is 6.07 Å². The Morgan fingerprint density at radius 1 is 1.33 bits per heavy atom. The van der Waals surface area contributed by atoms with Crippen LogP contribution in [0.25, 0.3) is 0 Å². The van der Waals surface area contributed by atoms with E-state index in [-0.39, 0.29) is 6.04 Å². The lowest BCUT2D eigenvalue weighted by Gasteiger charge is -2.33. The summed E-state index contributed by atoms with van der Waals surface area (Å²) in [5, 5.41) is 0. The number of hydrogen-bond acceptors (Lipinski definition) is 4. The Morgan fingerprint density at radius 2 is 2.00 bits per heavy atom. The molecule has 1 rings (SSSR count). The molecule has 0 saturated heterocycles. The molecule has 4 heteroatoms. The van der Waals surface area contributed by atoms with Gasteiger partial charge in [-0.25, -0.2) is 4.98 Å². The van der Waals surface area contributed by atoms with Crippen LogP contribution in [0.2, 0.25) is 0 Å². The van der Waals surface area contributed by atoms with Gasteiger partial charge in [-0.05, 0) is 40.9 Å². The van der Waals surface area contributed by atoms with Crippen LogP contribution in [-0.2, 0) is 0 Å². The largest absolute Gasteiger partial charge is 0.353 e. The highest BCUT2D eigenvalue weighted by atomic mass is 15.2. The molecule has 2 atom stereocenters. The van der Waals surface area contributed by atoms with Crippen molar-refractivity contribution in [3.05, 3.63) is 23.9 Å². The molecule has 0 aliphatic carbocycles. The van der Waals surface area contributed by atoms with Crippen LogP contribution in [0.1, 0.15) is 32.4 Å². The van der Waals surface area contributed by atoms with Gasteiger partial charge in [0.05, 0.1) is 0 Å². The van der Waals surface area contributed by atoms with Crippen molar-refractivity contribution in [2.45, 2.75) is 32.9 Å². The summed E-state index contributed by atoms with van der Waals surface area (Å²) in [6.07, 6.45) is 1.84. The molecule has 0 aromatic carbocycles. The molecular formula is C14H26N4. The molecule has 0 aliphatic heterocycles. The monoisotopic (exact) mass is 250 g/mol. The maximum Gasteiger partial charge on any atom is 0.133 e. The average molecular weight is 250 g/mol. The van der Waals surface area contributed by atoms with Gasteiger partial charge >= 0.3 is 0 Å². The molecule has 0 amide bonds. The van der Waals surface area contributed by atoms with E-state index in [2.05, 4.69) is 48.8 Å². The standard InChI is InChI=1S/C14H26N4/c1-6-18(11(2)10-17(4)5)14-13(12(3)15)8-7-9-16-14/h7-9,11-12H,6,10,15H2,1-5H3/t11?,12-/m1/s1. The lowest BCUT2D eigenvalue weighted by molar-refractivity contribution is 0.372. The lowest BCUT2D eigenvalue weighted by atomic mass is 10.1. The van der Waals surface area contributed by atoms with Gasteiger partial charge < -0.3 is 15.5 Å². The molecule has 0 saturated carbocycles. The number of rotatable bonds is 6. The molecule has 18 heavy (non-hydrogen) atoms. The number of pyridine rings is 1. The zero-order valence-electron chi connectivity index (χ0n) is 12.2. The topological polar surface area (TPSA) is 45.4 Å². The number of anilines is 1. The molecule has 1 heterocycles. The van der Waals surface area contributed by atoms with Crippen LogP contribution in [0.3, 0.4) is 0 Å². The molecule has 1 aromatic rings. The van der Waals surface area contributed by atoms with E-state index in [0.717, 1.165) is 24.5 Å². The maximum absolute atomic E-state index is 6.03. The number of hydrogen-bond donors (Lipinski definition) is 1. The van der Waals surface area contributed by atoms with E-state index in [1.54, 1.807) is 0 Å². The fourth-order valence-electron chi connectivity index (χ4n) is 2.30. The van der Waals surface area contributed by atoms with Gasteiger partial charge in [-0.3, -0.25) is 0 Å². The Labute approximate surface area is 111 Å². The first-order valence-electron chi connectivity index (χ1n) is 6.59. The Kier molecular flexibility index (Phi) is 5.56. The third-order valence-electron chi connectivity index (χ3n) is 3.08. The second-order valence-electron chi connectivity index (χ2n) is 5.10. The van der Waals surface area contributed by atoms with Crippen molar-refractivity contribution in [3.8, 4) is 0 Å². The van der Waals surface area contributed by atoms with E-state index < -0.39 is 0 Å². The minimum absolute atomic E-state index is 0.00862. The van der Waals surface area contributed by atoms with E-state index in [4.69, 9.17) is 5.73 Å². The van der Waals surface area contributed by atoms with Gasteiger partial charge in [0.2, 0.25) is 0 Å².